The standard InChI is InChI=1S/C18H18FNO3S/c19-14-3-1-2-12(10-14)8-9-23-15-6-4-13(5-7-15)11-16-17(21)20-18(22)24-16/h1-7,10,16,18,22H,8-9,11H2,(H,20,21)/t16-,18?/m0/s1. The quantitative estimate of drug-likeness (QED) is 0.843. The summed E-state index contributed by atoms with van der Waals surface area (Å²) in [6.45, 7) is 0.468. The Labute approximate surface area is 144 Å². The minimum atomic E-state index is -0.812. The van der Waals surface area contributed by atoms with Crippen LogP contribution in [0.4, 0.5) is 4.39 Å². The molecule has 1 amide bonds. The average molecular weight is 347 g/mol. The molecule has 3 rings (SSSR count). The van der Waals surface area contributed by atoms with Gasteiger partial charge in [-0.05, 0) is 41.8 Å². The molecule has 1 saturated heterocycles. The molecule has 6 heteroatoms. The van der Waals surface area contributed by atoms with E-state index in [9.17, 15) is 14.3 Å². The molecule has 1 aliphatic rings. The van der Waals surface area contributed by atoms with Crippen LogP contribution in [0, 0.1) is 5.82 Å². The molecule has 0 bridgehead atoms. The van der Waals surface area contributed by atoms with E-state index in [2.05, 4.69) is 5.32 Å². The summed E-state index contributed by atoms with van der Waals surface area (Å²) in [5.74, 6) is 0.359. The number of rotatable bonds is 6. The summed E-state index contributed by atoms with van der Waals surface area (Å²) in [7, 11) is 0. The monoisotopic (exact) mass is 347 g/mol. The molecule has 0 aromatic heterocycles. The van der Waals surface area contributed by atoms with Gasteiger partial charge in [0.2, 0.25) is 5.91 Å². The van der Waals surface area contributed by atoms with Crippen molar-refractivity contribution in [3.8, 4) is 5.75 Å². The van der Waals surface area contributed by atoms with E-state index in [0.29, 0.717) is 19.4 Å². The van der Waals surface area contributed by atoms with Crippen molar-refractivity contribution in [2.75, 3.05) is 6.61 Å². The fourth-order valence-electron chi connectivity index (χ4n) is 2.52. The number of amides is 1. The second kappa shape index (κ2) is 7.68. The highest BCUT2D eigenvalue weighted by molar-refractivity contribution is 8.01. The number of nitrogens with one attached hydrogen (secondary N) is 1. The number of aliphatic hydroxyl groups is 1. The number of carbonyl (C=O) groups excluding carboxylic acids is 1. The lowest BCUT2D eigenvalue weighted by molar-refractivity contribution is -0.121. The van der Waals surface area contributed by atoms with Gasteiger partial charge in [-0.25, -0.2) is 4.39 Å². The molecule has 0 saturated carbocycles. The molecule has 2 N–H and O–H groups in total. The van der Waals surface area contributed by atoms with Gasteiger partial charge in [0, 0.05) is 6.42 Å². The molecule has 2 aromatic rings. The minimum absolute atomic E-state index is 0.136. The number of ether oxygens (including phenoxy) is 1. The van der Waals surface area contributed by atoms with E-state index < -0.39 is 5.56 Å². The molecular formula is C18H18FNO3S. The number of halogens is 1. The number of carbonyl (C=O) groups is 1. The van der Waals surface area contributed by atoms with Crippen LogP contribution in [0.25, 0.3) is 0 Å². The van der Waals surface area contributed by atoms with Gasteiger partial charge in [-0.3, -0.25) is 4.79 Å². The molecule has 4 nitrogen and oxygen atoms in total. The molecule has 0 spiro atoms. The van der Waals surface area contributed by atoms with E-state index in [0.717, 1.165) is 16.9 Å². The zero-order chi connectivity index (χ0) is 16.9. The Balaban J connectivity index is 1.48. The average Bonchev–Trinajstić information content (AvgIpc) is 2.87. The largest absolute Gasteiger partial charge is 0.493 e. The Hall–Kier alpha value is -2.05. The maximum Gasteiger partial charge on any atom is 0.236 e. The number of hydrogen-bond acceptors (Lipinski definition) is 4. The van der Waals surface area contributed by atoms with Crippen molar-refractivity contribution in [1.29, 1.82) is 0 Å². The van der Waals surface area contributed by atoms with Crippen molar-refractivity contribution >= 4 is 17.7 Å². The summed E-state index contributed by atoms with van der Waals surface area (Å²) in [6.07, 6.45) is 1.20. The van der Waals surface area contributed by atoms with Crippen molar-refractivity contribution < 1.29 is 19.0 Å². The van der Waals surface area contributed by atoms with Crippen LogP contribution in [0.5, 0.6) is 5.75 Å². The Morgan fingerprint density at radius 3 is 2.62 bits per heavy atom. The number of hydrogen-bond donors (Lipinski definition) is 2. The fraction of sp³-hybridized carbons (Fsp3) is 0.278. The lowest BCUT2D eigenvalue weighted by Gasteiger charge is -2.09. The summed E-state index contributed by atoms with van der Waals surface area (Å²) in [4.78, 5) is 11.6. The molecule has 24 heavy (non-hydrogen) atoms. The Morgan fingerprint density at radius 2 is 1.96 bits per heavy atom. The van der Waals surface area contributed by atoms with Gasteiger partial charge in [0.05, 0.1) is 11.9 Å². The van der Waals surface area contributed by atoms with Crippen LogP contribution >= 0.6 is 11.8 Å². The minimum Gasteiger partial charge on any atom is -0.493 e. The van der Waals surface area contributed by atoms with Crippen LogP contribution in [0.15, 0.2) is 48.5 Å². The van der Waals surface area contributed by atoms with E-state index >= 15 is 0 Å². The van der Waals surface area contributed by atoms with Crippen molar-refractivity contribution in [2.45, 2.75) is 23.7 Å². The van der Waals surface area contributed by atoms with Crippen molar-refractivity contribution in [2.24, 2.45) is 0 Å². The van der Waals surface area contributed by atoms with Gasteiger partial charge >= 0.3 is 0 Å². The lowest BCUT2D eigenvalue weighted by Crippen LogP contribution is -2.27. The normalized spacial score (nSPS) is 20.0. The van der Waals surface area contributed by atoms with E-state index in [-0.39, 0.29) is 17.0 Å². The second-order valence-corrected chi connectivity index (χ2v) is 6.85. The highest BCUT2D eigenvalue weighted by atomic mass is 32.2. The predicted molar refractivity (Wildman–Crippen MR) is 91.3 cm³/mol. The van der Waals surface area contributed by atoms with Gasteiger partial charge in [0.25, 0.3) is 0 Å². The molecule has 2 aromatic carbocycles. The summed E-state index contributed by atoms with van der Waals surface area (Å²) in [5, 5.41) is 11.6. The van der Waals surface area contributed by atoms with Crippen LogP contribution < -0.4 is 10.1 Å². The van der Waals surface area contributed by atoms with Crippen LogP contribution in [-0.4, -0.2) is 28.4 Å². The van der Waals surface area contributed by atoms with Crippen molar-refractivity contribution in [3.05, 3.63) is 65.5 Å². The summed E-state index contributed by atoms with van der Waals surface area (Å²) in [6, 6.07) is 14.0. The first-order valence-corrected chi connectivity index (χ1v) is 8.64. The summed E-state index contributed by atoms with van der Waals surface area (Å²) < 4.78 is 18.8. The van der Waals surface area contributed by atoms with Gasteiger partial charge in [-0.2, -0.15) is 0 Å². The summed E-state index contributed by atoms with van der Waals surface area (Å²) in [5.41, 5.74) is 1.09. The third kappa shape index (κ3) is 4.49. The van der Waals surface area contributed by atoms with Gasteiger partial charge in [0.1, 0.15) is 11.6 Å². The maximum absolute atomic E-state index is 13.1. The van der Waals surface area contributed by atoms with Crippen molar-refractivity contribution in [3.63, 3.8) is 0 Å². The molecule has 1 heterocycles. The van der Waals surface area contributed by atoms with Gasteiger partial charge in [-0.15, -0.1) is 0 Å². The Morgan fingerprint density at radius 1 is 1.17 bits per heavy atom. The van der Waals surface area contributed by atoms with Crippen molar-refractivity contribution in [1.82, 2.24) is 5.32 Å². The number of benzene rings is 2. The summed E-state index contributed by atoms with van der Waals surface area (Å²) >= 11 is 1.22. The zero-order valence-corrected chi connectivity index (χ0v) is 13.8. The SMILES string of the molecule is O=C1NC(O)S[C@H]1Cc1ccc(OCCc2cccc(F)c2)cc1. The highest BCUT2D eigenvalue weighted by Gasteiger charge is 2.31. The first-order valence-electron chi connectivity index (χ1n) is 7.70. The smallest absolute Gasteiger partial charge is 0.236 e. The first-order chi connectivity index (χ1) is 11.6. The molecule has 1 unspecified atom stereocenters. The topological polar surface area (TPSA) is 58.6 Å². The molecule has 0 radical (unpaired) electrons. The van der Waals surface area contributed by atoms with Gasteiger partial charge < -0.3 is 15.2 Å². The van der Waals surface area contributed by atoms with Crippen LogP contribution in [0.1, 0.15) is 11.1 Å². The first kappa shape index (κ1) is 16.8. The van der Waals surface area contributed by atoms with Gasteiger partial charge in [0.15, 0.2) is 5.56 Å². The lowest BCUT2D eigenvalue weighted by atomic mass is 10.1. The molecule has 2 atom stereocenters. The third-order valence-corrected chi connectivity index (χ3v) is 4.83. The van der Waals surface area contributed by atoms with Gasteiger partial charge in [-0.1, -0.05) is 36.0 Å². The number of thioether (sulfide) groups is 1. The third-order valence-electron chi connectivity index (χ3n) is 3.74. The van der Waals surface area contributed by atoms with E-state index in [4.69, 9.17) is 4.74 Å². The molecule has 1 fully saturated rings. The molecular weight excluding hydrogens is 329 g/mol. The predicted octanol–water partition coefficient (Wildman–Crippen LogP) is 2.50. The molecule has 126 valence electrons. The van der Waals surface area contributed by atoms with Crippen LogP contribution in [0.3, 0.4) is 0 Å². The Kier molecular flexibility index (Phi) is 5.37. The maximum atomic E-state index is 13.1. The van der Waals surface area contributed by atoms with E-state index in [1.54, 1.807) is 6.07 Å². The second-order valence-electron chi connectivity index (χ2n) is 5.56. The fourth-order valence-corrected chi connectivity index (χ4v) is 3.50. The Bertz CT molecular complexity index is 708. The number of aliphatic hydroxyl groups excluding tert-OH is 1. The van der Waals surface area contributed by atoms with E-state index in [1.807, 2.05) is 30.3 Å². The van der Waals surface area contributed by atoms with Crippen LogP contribution in [-0.2, 0) is 17.6 Å². The zero-order valence-electron chi connectivity index (χ0n) is 12.9. The highest BCUT2D eigenvalue weighted by Crippen LogP contribution is 2.25. The van der Waals surface area contributed by atoms with E-state index in [1.165, 1.54) is 23.9 Å². The van der Waals surface area contributed by atoms with Crippen LogP contribution in [0.2, 0.25) is 0 Å². The molecule has 0 aliphatic carbocycles. The molecule has 1 aliphatic heterocycles.